The van der Waals surface area contributed by atoms with Crippen molar-refractivity contribution in [2.45, 2.75) is 30.7 Å². The third-order valence-corrected chi connectivity index (χ3v) is 5.41. The molecule has 1 aliphatic carbocycles. The molecule has 2 nitrogen and oxygen atoms in total. The Labute approximate surface area is 143 Å². The van der Waals surface area contributed by atoms with Crippen LogP contribution in [0.15, 0.2) is 79.0 Å². The normalized spacial score (nSPS) is 17.0. The molecule has 24 heavy (non-hydrogen) atoms. The second kappa shape index (κ2) is 6.21. The van der Waals surface area contributed by atoms with Crippen LogP contribution in [0.4, 0.5) is 0 Å². The van der Waals surface area contributed by atoms with Gasteiger partial charge in [0, 0.05) is 11.6 Å². The number of nitrogens with zero attached hydrogens (tertiary/aromatic N) is 1. The maximum atomic E-state index is 6.65. The lowest BCUT2D eigenvalue weighted by molar-refractivity contribution is 0.194. The first kappa shape index (κ1) is 15.1. The van der Waals surface area contributed by atoms with E-state index in [1.54, 1.807) is 0 Å². The molecule has 2 N–H and O–H groups in total. The lowest BCUT2D eigenvalue weighted by Gasteiger charge is -2.46. The Balaban J connectivity index is 1.66. The molecule has 0 aliphatic heterocycles. The van der Waals surface area contributed by atoms with Gasteiger partial charge in [0.15, 0.2) is 0 Å². The molecule has 2 aromatic carbocycles. The second-order valence-corrected chi connectivity index (χ2v) is 6.69. The molecule has 1 aliphatic rings. The van der Waals surface area contributed by atoms with Crippen molar-refractivity contribution in [3.8, 4) is 11.1 Å². The van der Waals surface area contributed by atoms with Crippen molar-refractivity contribution in [1.82, 2.24) is 4.98 Å². The zero-order chi connectivity index (χ0) is 16.4. The lowest BCUT2D eigenvalue weighted by Crippen LogP contribution is -2.44. The molecule has 1 unspecified atom stereocenters. The highest BCUT2D eigenvalue weighted by Gasteiger charge is 2.44. The monoisotopic (exact) mass is 314 g/mol. The van der Waals surface area contributed by atoms with Gasteiger partial charge in [0.1, 0.15) is 0 Å². The van der Waals surface area contributed by atoms with Crippen molar-refractivity contribution >= 4 is 0 Å². The van der Waals surface area contributed by atoms with Crippen LogP contribution in [0.5, 0.6) is 0 Å². The minimum Gasteiger partial charge on any atom is -0.322 e. The van der Waals surface area contributed by atoms with Crippen LogP contribution < -0.4 is 5.73 Å². The summed E-state index contributed by atoms with van der Waals surface area (Å²) in [6.45, 7) is 0. The summed E-state index contributed by atoms with van der Waals surface area (Å²) < 4.78 is 0. The fourth-order valence-electron chi connectivity index (χ4n) is 3.81. The van der Waals surface area contributed by atoms with E-state index in [0.717, 1.165) is 18.5 Å². The minimum absolute atomic E-state index is 0.0313. The van der Waals surface area contributed by atoms with E-state index in [2.05, 4.69) is 53.5 Å². The number of pyridine rings is 1. The first-order valence-electron chi connectivity index (χ1n) is 8.62. The summed E-state index contributed by atoms with van der Waals surface area (Å²) in [6.07, 6.45) is 5.34. The summed E-state index contributed by atoms with van der Waals surface area (Å²) in [5, 5.41) is 0. The van der Waals surface area contributed by atoms with Gasteiger partial charge in [-0.25, -0.2) is 0 Å². The highest BCUT2D eigenvalue weighted by molar-refractivity contribution is 5.63. The molecule has 4 rings (SSSR count). The van der Waals surface area contributed by atoms with Crippen molar-refractivity contribution in [3.05, 3.63) is 90.3 Å². The summed E-state index contributed by atoms with van der Waals surface area (Å²) in [4.78, 5) is 4.49. The van der Waals surface area contributed by atoms with Crippen LogP contribution in [0, 0.1) is 0 Å². The van der Waals surface area contributed by atoms with Gasteiger partial charge in [-0.15, -0.1) is 0 Å². The Morgan fingerprint density at radius 2 is 1.46 bits per heavy atom. The summed E-state index contributed by atoms with van der Waals surface area (Å²) >= 11 is 0. The van der Waals surface area contributed by atoms with E-state index in [-0.39, 0.29) is 11.5 Å². The zero-order valence-electron chi connectivity index (χ0n) is 13.7. The SMILES string of the molecule is NC(c1ccccn1)C1(c2ccc(-c3ccccc3)cc2)CCC1. The molecule has 0 radical (unpaired) electrons. The van der Waals surface area contributed by atoms with Crippen molar-refractivity contribution in [1.29, 1.82) is 0 Å². The maximum Gasteiger partial charge on any atom is 0.0580 e. The predicted molar refractivity (Wildman–Crippen MR) is 98.6 cm³/mol. The van der Waals surface area contributed by atoms with Crippen LogP contribution in [-0.2, 0) is 5.41 Å². The highest BCUT2D eigenvalue weighted by atomic mass is 14.8. The Morgan fingerprint density at radius 3 is 2.04 bits per heavy atom. The fraction of sp³-hybridized carbons (Fsp3) is 0.227. The molecule has 0 spiro atoms. The predicted octanol–water partition coefficient (Wildman–Crippen LogP) is 4.87. The molecule has 1 aromatic heterocycles. The van der Waals surface area contributed by atoms with Gasteiger partial charge in [-0.2, -0.15) is 0 Å². The Kier molecular flexibility index (Phi) is 3.91. The molecule has 0 bridgehead atoms. The molecular formula is C22H22N2. The average Bonchev–Trinajstić information content (AvgIpc) is 2.63. The molecule has 120 valence electrons. The van der Waals surface area contributed by atoms with Crippen molar-refractivity contribution in [2.75, 3.05) is 0 Å². The number of aromatic nitrogens is 1. The van der Waals surface area contributed by atoms with Gasteiger partial charge in [0.25, 0.3) is 0 Å². The number of nitrogens with two attached hydrogens (primary N) is 1. The molecular weight excluding hydrogens is 292 g/mol. The van der Waals surface area contributed by atoms with Crippen LogP contribution in [-0.4, -0.2) is 4.98 Å². The van der Waals surface area contributed by atoms with E-state index in [0.29, 0.717) is 0 Å². The van der Waals surface area contributed by atoms with E-state index in [4.69, 9.17) is 5.73 Å². The lowest BCUT2D eigenvalue weighted by atomic mass is 9.59. The van der Waals surface area contributed by atoms with E-state index < -0.39 is 0 Å². The Hall–Kier alpha value is -2.45. The van der Waals surface area contributed by atoms with Crippen molar-refractivity contribution in [3.63, 3.8) is 0 Å². The minimum atomic E-state index is -0.0463. The molecule has 1 atom stereocenters. The largest absolute Gasteiger partial charge is 0.322 e. The number of hydrogen-bond donors (Lipinski definition) is 1. The molecule has 1 heterocycles. The molecule has 3 aromatic rings. The smallest absolute Gasteiger partial charge is 0.0580 e. The third-order valence-electron chi connectivity index (χ3n) is 5.41. The van der Waals surface area contributed by atoms with Crippen LogP contribution in [0.25, 0.3) is 11.1 Å². The standard InChI is InChI=1S/C22H22N2/c23-21(20-9-4-5-16-24-20)22(14-6-15-22)19-12-10-18(11-13-19)17-7-2-1-3-8-17/h1-5,7-13,16,21H,6,14-15,23H2. The van der Waals surface area contributed by atoms with Gasteiger partial charge in [-0.3, -0.25) is 4.98 Å². The van der Waals surface area contributed by atoms with E-state index in [9.17, 15) is 0 Å². The van der Waals surface area contributed by atoms with Crippen LogP contribution in [0.1, 0.15) is 36.6 Å². The van der Waals surface area contributed by atoms with Crippen LogP contribution >= 0.6 is 0 Å². The topological polar surface area (TPSA) is 38.9 Å². The van der Waals surface area contributed by atoms with Gasteiger partial charge in [-0.1, -0.05) is 67.1 Å². The van der Waals surface area contributed by atoms with Gasteiger partial charge in [0.05, 0.1) is 11.7 Å². The van der Waals surface area contributed by atoms with E-state index in [1.165, 1.54) is 23.1 Å². The first-order chi connectivity index (χ1) is 11.8. The molecule has 1 saturated carbocycles. The maximum absolute atomic E-state index is 6.65. The van der Waals surface area contributed by atoms with Gasteiger partial charge >= 0.3 is 0 Å². The first-order valence-corrected chi connectivity index (χ1v) is 8.62. The van der Waals surface area contributed by atoms with Crippen LogP contribution in [0.2, 0.25) is 0 Å². The summed E-state index contributed by atoms with van der Waals surface area (Å²) in [6, 6.07) is 25.4. The highest BCUT2D eigenvalue weighted by Crippen LogP contribution is 2.50. The number of rotatable bonds is 4. The fourth-order valence-corrected chi connectivity index (χ4v) is 3.81. The Bertz CT molecular complexity index is 790. The van der Waals surface area contributed by atoms with Gasteiger partial charge in [-0.05, 0) is 41.7 Å². The molecule has 0 amide bonds. The quantitative estimate of drug-likeness (QED) is 0.746. The number of benzene rings is 2. The Morgan fingerprint density at radius 1 is 0.792 bits per heavy atom. The van der Waals surface area contributed by atoms with E-state index in [1.807, 2.05) is 30.5 Å². The summed E-state index contributed by atoms with van der Waals surface area (Å²) in [7, 11) is 0. The summed E-state index contributed by atoms with van der Waals surface area (Å²) in [5.41, 5.74) is 11.5. The molecule has 0 saturated heterocycles. The molecule has 2 heteroatoms. The molecule has 1 fully saturated rings. The van der Waals surface area contributed by atoms with Crippen molar-refractivity contribution < 1.29 is 0 Å². The second-order valence-electron chi connectivity index (χ2n) is 6.69. The summed E-state index contributed by atoms with van der Waals surface area (Å²) in [5.74, 6) is 0. The zero-order valence-corrected chi connectivity index (χ0v) is 13.7. The number of hydrogen-bond acceptors (Lipinski definition) is 2. The third kappa shape index (κ3) is 2.53. The van der Waals surface area contributed by atoms with Crippen molar-refractivity contribution in [2.24, 2.45) is 5.73 Å². The van der Waals surface area contributed by atoms with Crippen LogP contribution in [0.3, 0.4) is 0 Å². The van der Waals surface area contributed by atoms with E-state index >= 15 is 0 Å². The van der Waals surface area contributed by atoms with Gasteiger partial charge < -0.3 is 5.73 Å². The van der Waals surface area contributed by atoms with Gasteiger partial charge in [0.2, 0.25) is 0 Å². The average molecular weight is 314 g/mol.